The fourth-order valence-electron chi connectivity index (χ4n) is 7.03. The highest BCUT2D eigenvalue weighted by atomic mass is 16.6. The SMILES string of the molecule is CC=C(C)C(=O)OC1C(C)=CC23C(=O)C(C=C(COC=O)C(O)C12O)C1C(CC3C)C1(C)C. The van der Waals surface area contributed by atoms with Gasteiger partial charge in [0.2, 0.25) is 0 Å². The maximum atomic E-state index is 14.3. The van der Waals surface area contributed by atoms with E-state index in [0.717, 1.165) is 0 Å². The summed E-state index contributed by atoms with van der Waals surface area (Å²) in [6, 6.07) is 0. The number of aliphatic hydroxyl groups is 2. The Balaban J connectivity index is 1.91. The van der Waals surface area contributed by atoms with Crippen molar-refractivity contribution in [3.63, 3.8) is 0 Å². The van der Waals surface area contributed by atoms with Crippen molar-refractivity contribution in [1.29, 1.82) is 0 Å². The highest BCUT2D eigenvalue weighted by Gasteiger charge is 2.76. The molecule has 4 aliphatic carbocycles. The monoisotopic (exact) mass is 458 g/mol. The Kier molecular flexibility index (Phi) is 5.53. The summed E-state index contributed by atoms with van der Waals surface area (Å²) in [6.45, 7) is 11.3. The van der Waals surface area contributed by atoms with Crippen LogP contribution in [-0.2, 0) is 23.9 Å². The molecule has 0 aromatic heterocycles. The Morgan fingerprint density at radius 3 is 2.61 bits per heavy atom. The minimum Gasteiger partial charge on any atom is -0.463 e. The van der Waals surface area contributed by atoms with Crippen molar-refractivity contribution in [1.82, 2.24) is 0 Å². The average molecular weight is 459 g/mol. The Bertz CT molecular complexity index is 989. The summed E-state index contributed by atoms with van der Waals surface area (Å²) in [7, 11) is 0. The molecular weight excluding hydrogens is 424 g/mol. The molecule has 33 heavy (non-hydrogen) atoms. The Morgan fingerprint density at radius 1 is 1.33 bits per heavy atom. The molecule has 2 fully saturated rings. The number of esters is 1. The number of carbonyl (C=O) groups is 3. The maximum absolute atomic E-state index is 14.3. The molecule has 0 aromatic carbocycles. The second-order valence-electron chi connectivity index (χ2n) is 10.9. The third kappa shape index (κ3) is 2.98. The molecule has 0 radical (unpaired) electrons. The fraction of sp³-hybridized carbons (Fsp3) is 0.654. The first kappa shape index (κ1) is 23.9. The molecule has 0 aromatic rings. The number of allylic oxidation sites excluding steroid dienone is 2. The molecule has 0 heterocycles. The van der Waals surface area contributed by atoms with Gasteiger partial charge in [-0.05, 0) is 61.5 Å². The van der Waals surface area contributed by atoms with E-state index in [0.29, 0.717) is 17.6 Å². The quantitative estimate of drug-likeness (QED) is 0.282. The van der Waals surface area contributed by atoms with E-state index < -0.39 is 35.1 Å². The topological polar surface area (TPSA) is 110 Å². The number of aliphatic hydroxyl groups excluding tert-OH is 1. The van der Waals surface area contributed by atoms with Gasteiger partial charge < -0.3 is 19.7 Å². The first-order chi connectivity index (χ1) is 15.4. The van der Waals surface area contributed by atoms with Gasteiger partial charge in [-0.1, -0.05) is 39.0 Å². The number of fused-ring (bicyclic) bond motifs is 3. The number of Topliss-reactive ketones (excluding diaryl/α,β-unsaturated/α-hetero) is 1. The van der Waals surface area contributed by atoms with Crippen LogP contribution in [0, 0.1) is 34.5 Å². The van der Waals surface area contributed by atoms with E-state index in [1.54, 1.807) is 39.0 Å². The third-order valence-electron chi connectivity index (χ3n) is 9.01. The van der Waals surface area contributed by atoms with Gasteiger partial charge in [-0.15, -0.1) is 0 Å². The highest BCUT2D eigenvalue weighted by molar-refractivity contribution is 5.96. The number of rotatable bonds is 5. The average Bonchev–Trinajstić information content (AvgIpc) is 3.26. The normalized spacial score (nSPS) is 43.3. The molecule has 0 aliphatic heterocycles. The summed E-state index contributed by atoms with van der Waals surface area (Å²) in [5.74, 6) is -1.29. The minimum atomic E-state index is -2.12. The summed E-state index contributed by atoms with van der Waals surface area (Å²) in [5.41, 5.74) is -2.46. The summed E-state index contributed by atoms with van der Waals surface area (Å²) >= 11 is 0. The molecule has 180 valence electrons. The molecule has 1 spiro atoms. The summed E-state index contributed by atoms with van der Waals surface area (Å²) in [5, 5.41) is 24.0. The molecule has 7 heteroatoms. The summed E-state index contributed by atoms with van der Waals surface area (Å²) in [6.07, 6.45) is 2.95. The lowest BCUT2D eigenvalue weighted by Crippen LogP contribution is -2.65. The van der Waals surface area contributed by atoms with Gasteiger partial charge in [0, 0.05) is 11.5 Å². The van der Waals surface area contributed by atoms with Gasteiger partial charge in [-0.3, -0.25) is 9.59 Å². The zero-order chi connectivity index (χ0) is 24.5. The van der Waals surface area contributed by atoms with Crippen molar-refractivity contribution >= 4 is 18.2 Å². The van der Waals surface area contributed by atoms with Crippen molar-refractivity contribution in [2.45, 2.75) is 65.8 Å². The lowest BCUT2D eigenvalue weighted by atomic mass is 9.59. The predicted octanol–water partition coefficient (Wildman–Crippen LogP) is 2.51. The predicted molar refractivity (Wildman–Crippen MR) is 120 cm³/mol. The Morgan fingerprint density at radius 2 is 2.00 bits per heavy atom. The lowest BCUT2D eigenvalue weighted by Gasteiger charge is -2.48. The van der Waals surface area contributed by atoms with E-state index in [1.807, 2.05) is 6.92 Å². The molecule has 4 rings (SSSR count). The van der Waals surface area contributed by atoms with Gasteiger partial charge in [0.25, 0.3) is 6.47 Å². The van der Waals surface area contributed by atoms with Crippen LogP contribution in [0.15, 0.2) is 34.9 Å². The molecule has 7 nitrogen and oxygen atoms in total. The number of hydrogen-bond acceptors (Lipinski definition) is 7. The lowest BCUT2D eigenvalue weighted by molar-refractivity contribution is -0.201. The van der Waals surface area contributed by atoms with Gasteiger partial charge in [-0.2, -0.15) is 0 Å². The summed E-state index contributed by atoms with van der Waals surface area (Å²) in [4.78, 5) is 37.9. The molecule has 0 saturated heterocycles. The largest absolute Gasteiger partial charge is 0.463 e. The van der Waals surface area contributed by atoms with E-state index in [-0.39, 0.29) is 47.6 Å². The van der Waals surface area contributed by atoms with Crippen LogP contribution in [0.3, 0.4) is 0 Å². The van der Waals surface area contributed by atoms with Crippen LogP contribution >= 0.6 is 0 Å². The Labute approximate surface area is 194 Å². The number of ketones is 1. The molecule has 2 bridgehead atoms. The highest BCUT2D eigenvalue weighted by Crippen LogP contribution is 2.71. The molecule has 8 unspecified atom stereocenters. The first-order valence-corrected chi connectivity index (χ1v) is 11.6. The molecule has 4 aliphatic rings. The second kappa shape index (κ2) is 7.64. The fourth-order valence-corrected chi connectivity index (χ4v) is 7.03. The van der Waals surface area contributed by atoms with Crippen LogP contribution in [0.4, 0.5) is 0 Å². The molecular formula is C26H34O7. The molecule has 0 amide bonds. The van der Waals surface area contributed by atoms with Crippen LogP contribution in [0.1, 0.15) is 48.0 Å². The van der Waals surface area contributed by atoms with Crippen molar-refractivity contribution in [2.75, 3.05) is 6.61 Å². The van der Waals surface area contributed by atoms with Crippen molar-refractivity contribution in [3.05, 3.63) is 34.9 Å². The minimum absolute atomic E-state index is 0.0526. The molecule has 2 N–H and O–H groups in total. The smallest absolute Gasteiger partial charge is 0.334 e. The molecule has 8 atom stereocenters. The van der Waals surface area contributed by atoms with E-state index in [1.165, 1.54) is 0 Å². The van der Waals surface area contributed by atoms with Crippen molar-refractivity contribution < 1.29 is 34.1 Å². The molecule has 2 saturated carbocycles. The summed E-state index contributed by atoms with van der Waals surface area (Å²) < 4.78 is 10.7. The van der Waals surface area contributed by atoms with E-state index >= 15 is 0 Å². The van der Waals surface area contributed by atoms with E-state index in [9.17, 15) is 24.6 Å². The number of hydrogen-bond donors (Lipinski definition) is 2. The number of ether oxygens (including phenoxy) is 2. The van der Waals surface area contributed by atoms with Crippen LogP contribution < -0.4 is 0 Å². The van der Waals surface area contributed by atoms with Crippen LogP contribution in [0.2, 0.25) is 0 Å². The third-order valence-corrected chi connectivity index (χ3v) is 9.01. The zero-order valence-electron chi connectivity index (χ0n) is 20.1. The van der Waals surface area contributed by atoms with Gasteiger partial charge in [0.15, 0.2) is 17.5 Å². The Hall–Kier alpha value is -2.25. The standard InChI is InChI=1S/C26H34O7/c1-7-13(2)23(30)33-22-14(3)10-25-15(4)8-18-19(24(18,5)6)17(21(25)29)9-16(11-32-12-27)20(28)26(22,25)31/h7,9-10,12,15,17-20,22,28,31H,8,11H2,1-6H3. The van der Waals surface area contributed by atoms with Gasteiger partial charge in [0.1, 0.15) is 12.7 Å². The van der Waals surface area contributed by atoms with Crippen LogP contribution in [-0.4, -0.2) is 52.9 Å². The van der Waals surface area contributed by atoms with E-state index in [4.69, 9.17) is 9.47 Å². The van der Waals surface area contributed by atoms with Gasteiger partial charge in [-0.25, -0.2) is 4.79 Å². The van der Waals surface area contributed by atoms with Crippen LogP contribution in [0.25, 0.3) is 0 Å². The van der Waals surface area contributed by atoms with Crippen LogP contribution in [0.5, 0.6) is 0 Å². The van der Waals surface area contributed by atoms with Gasteiger partial charge in [0.05, 0.1) is 5.41 Å². The van der Waals surface area contributed by atoms with E-state index in [2.05, 4.69) is 13.8 Å². The second-order valence-corrected chi connectivity index (χ2v) is 10.9. The van der Waals surface area contributed by atoms with Crippen molar-refractivity contribution in [3.8, 4) is 0 Å². The zero-order valence-corrected chi connectivity index (χ0v) is 20.1. The van der Waals surface area contributed by atoms with Crippen molar-refractivity contribution in [2.24, 2.45) is 34.5 Å². The first-order valence-electron chi connectivity index (χ1n) is 11.6. The number of carbonyl (C=O) groups excluding carboxylic acids is 3. The van der Waals surface area contributed by atoms with Gasteiger partial charge >= 0.3 is 5.97 Å². The maximum Gasteiger partial charge on any atom is 0.334 e.